The molecule has 8 heavy (non-hydrogen) atoms. The number of rotatable bonds is 1. The summed E-state index contributed by atoms with van der Waals surface area (Å²) in [7, 11) is 0. The van der Waals surface area contributed by atoms with Gasteiger partial charge in [0.25, 0.3) is 0 Å². The molecule has 1 rings (SSSR count). The number of halogens is 1. The van der Waals surface area contributed by atoms with Crippen LogP contribution in [0.1, 0.15) is 19.3 Å². The van der Waals surface area contributed by atoms with Gasteiger partial charge in [-0.2, -0.15) is 0 Å². The predicted molar refractivity (Wildman–Crippen MR) is 44.2 cm³/mol. The summed E-state index contributed by atoms with van der Waals surface area (Å²) in [5.74, 6) is 0.844. The quantitative estimate of drug-likeness (QED) is 0.531. The Labute approximate surface area is 64.2 Å². The van der Waals surface area contributed by atoms with Crippen molar-refractivity contribution in [1.29, 1.82) is 0 Å². The second-order valence-corrected chi connectivity index (χ2v) is 4.27. The van der Waals surface area contributed by atoms with E-state index >= 15 is 0 Å². The van der Waals surface area contributed by atoms with Gasteiger partial charge in [0, 0.05) is 3.92 Å². The van der Waals surface area contributed by atoms with Gasteiger partial charge in [-0.25, -0.2) is 0 Å². The first-order chi connectivity index (χ1) is 3.83. The molecule has 2 atom stereocenters. The molecule has 2 N–H and O–H groups in total. The fraction of sp³-hybridized carbons (Fsp3) is 1.00. The van der Waals surface area contributed by atoms with Gasteiger partial charge in [0.1, 0.15) is 0 Å². The fourth-order valence-electron chi connectivity index (χ4n) is 1.23. The van der Waals surface area contributed by atoms with Crippen molar-refractivity contribution in [3.8, 4) is 0 Å². The van der Waals surface area contributed by atoms with Crippen LogP contribution in [-0.4, -0.2) is 10.5 Å². The molecule has 0 aromatic heterocycles. The van der Waals surface area contributed by atoms with Gasteiger partial charge in [0.05, 0.1) is 0 Å². The first-order valence-corrected chi connectivity index (χ1v) is 4.41. The summed E-state index contributed by atoms with van der Waals surface area (Å²) in [4.78, 5) is 0. The molecule has 0 aromatic rings. The van der Waals surface area contributed by atoms with Crippen LogP contribution >= 0.6 is 22.6 Å². The van der Waals surface area contributed by atoms with Crippen molar-refractivity contribution < 1.29 is 0 Å². The van der Waals surface area contributed by atoms with Gasteiger partial charge in [0.2, 0.25) is 0 Å². The Bertz CT molecular complexity index is 74.9. The molecule has 2 heteroatoms. The molecule has 48 valence electrons. The van der Waals surface area contributed by atoms with E-state index in [9.17, 15) is 0 Å². The maximum atomic E-state index is 5.49. The van der Waals surface area contributed by atoms with Gasteiger partial charge in [-0.15, -0.1) is 0 Å². The molecule has 0 saturated heterocycles. The summed E-state index contributed by atoms with van der Waals surface area (Å²) >= 11 is 2.51. The summed E-state index contributed by atoms with van der Waals surface area (Å²) in [6, 6.07) is 0. The van der Waals surface area contributed by atoms with Gasteiger partial charge in [0.15, 0.2) is 0 Å². The molecule has 1 aliphatic carbocycles. The first kappa shape index (κ1) is 6.81. The first-order valence-electron chi connectivity index (χ1n) is 3.17. The molecule has 0 heterocycles. The molecule has 0 aromatic carbocycles. The molecule has 0 aliphatic heterocycles. The predicted octanol–water partition coefficient (Wildman–Crippen LogP) is 1.55. The standard InChI is InChI=1S/C6H12IN/c7-6-2-1-5(3-6)4-8/h5-6H,1-4,8H2. The van der Waals surface area contributed by atoms with E-state index in [1.54, 1.807) is 0 Å². The zero-order valence-electron chi connectivity index (χ0n) is 4.94. The Hall–Kier alpha value is 0.690. The summed E-state index contributed by atoms with van der Waals surface area (Å²) < 4.78 is 0.918. The third kappa shape index (κ3) is 1.58. The third-order valence-corrected chi connectivity index (χ3v) is 2.94. The van der Waals surface area contributed by atoms with Crippen molar-refractivity contribution in [3.05, 3.63) is 0 Å². The monoisotopic (exact) mass is 225 g/mol. The number of alkyl halides is 1. The molecule has 0 spiro atoms. The van der Waals surface area contributed by atoms with Crippen molar-refractivity contribution in [2.24, 2.45) is 11.7 Å². The molecule has 1 saturated carbocycles. The molecule has 1 aliphatic rings. The average Bonchev–Trinajstić information content (AvgIpc) is 2.14. The Kier molecular flexibility index (Phi) is 2.56. The second kappa shape index (κ2) is 3.01. The highest BCUT2D eigenvalue weighted by molar-refractivity contribution is 14.1. The average molecular weight is 225 g/mol. The lowest BCUT2D eigenvalue weighted by atomic mass is 10.1. The zero-order valence-corrected chi connectivity index (χ0v) is 7.10. The van der Waals surface area contributed by atoms with E-state index in [-0.39, 0.29) is 0 Å². The van der Waals surface area contributed by atoms with Gasteiger partial charge >= 0.3 is 0 Å². The lowest BCUT2D eigenvalue weighted by Crippen LogP contribution is -2.10. The summed E-state index contributed by atoms with van der Waals surface area (Å²) in [5.41, 5.74) is 5.49. The van der Waals surface area contributed by atoms with Crippen LogP contribution in [0.5, 0.6) is 0 Å². The zero-order chi connectivity index (χ0) is 5.98. The topological polar surface area (TPSA) is 26.0 Å². The highest BCUT2D eigenvalue weighted by atomic mass is 127. The molecule has 0 bridgehead atoms. The second-order valence-electron chi connectivity index (χ2n) is 2.51. The number of hydrogen-bond acceptors (Lipinski definition) is 1. The van der Waals surface area contributed by atoms with Crippen LogP contribution < -0.4 is 5.73 Å². The summed E-state index contributed by atoms with van der Waals surface area (Å²) in [6.07, 6.45) is 4.11. The van der Waals surface area contributed by atoms with E-state index in [1.165, 1.54) is 19.3 Å². The number of nitrogens with two attached hydrogens (primary N) is 1. The highest BCUT2D eigenvalue weighted by Gasteiger charge is 2.20. The molecular weight excluding hydrogens is 213 g/mol. The fourth-order valence-corrected chi connectivity index (χ4v) is 2.31. The van der Waals surface area contributed by atoms with Crippen molar-refractivity contribution in [2.45, 2.75) is 23.2 Å². The van der Waals surface area contributed by atoms with Crippen LogP contribution in [0.15, 0.2) is 0 Å². The smallest absolute Gasteiger partial charge is 0.0113 e. The van der Waals surface area contributed by atoms with Gasteiger partial charge in [-0.1, -0.05) is 22.6 Å². The lowest BCUT2D eigenvalue weighted by molar-refractivity contribution is 0.564. The van der Waals surface area contributed by atoms with E-state index in [4.69, 9.17) is 5.73 Å². The van der Waals surface area contributed by atoms with E-state index in [0.717, 1.165) is 16.4 Å². The van der Waals surface area contributed by atoms with Gasteiger partial charge in [-0.3, -0.25) is 0 Å². The van der Waals surface area contributed by atoms with Gasteiger partial charge in [-0.05, 0) is 31.7 Å². The normalized spacial score (nSPS) is 38.2. The molecule has 2 unspecified atom stereocenters. The van der Waals surface area contributed by atoms with Crippen LogP contribution in [0.25, 0.3) is 0 Å². The van der Waals surface area contributed by atoms with Crippen molar-refractivity contribution >= 4 is 22.6 Å². The van der Waals surface area contributed by atoms with Crippen LogP contribution in [-0.2, 0) is 0 Å². The Morgan fingerprint density at radius 3 is 2.50 bits per heavy atom. The van der Waals surface area contributed by atoms with Crippen LogP contribution in [0.3, 0.4) is 0 Å². The maximum absolute atomic E-state index is 5.49. The van der Waals surface area contributed by atoms with Gasteiger partial charge < -0.3 is 5.73 Å². The van der Waals surface area contributed by atoms with Crippen LogP contribution in [0, 0.1) is 5.92 Å². The van der Waals surface area contributed by atoms with E-state index < -0.39 is 0 Å². The Morgan fingerprint density at radius 1 is 1.50 bits per heavy atom. The molecule has 1 fully saturated rings. The SMILES string of the molecule is NCC1CCC(I)C1. The molecule has 0 amide bonds. The summed E-state index contributed by atoms with van der Waals surface area (Å²) in [6.45, 7) is 0.902. The van der Waals surface area contributed by atoms with Crippen LogP contribution in [0.2, 0.25) is 0 Å². The van der Waals surface area contributed by atoms with E-state index in [2.05, 4.69) is 22.6 Å². The summed E-state index contributed by atoms with van der Waals surface area (Å²) in [5, 5.41) is 0. The Balaban J connectivity index is 2.22. The third-order valence-electron chi connectivity index (χ3n) is 1.81. The Morgan fingerprint density at radius 2 is 2.25 bits per heavy atom. The van der Waals surface area contributed by atoms with E-state index in [0.29, 0.717) is 0 Å². The molecule has 0 radical (unpaired) electrons. The largest absolute Gasteiger partial charge is 0.330 e. The molecule has 1 nitrogen and oxygen atoms in total. The van der Waals surface area contributed by atoms with Crippen LogP contribution in [0.4, 0.5) is 0 Å². The minimum Gasteiger partial charge on any atom is -0.330 e. The maximum Gasteiger partial charge on any atom is 0.0113 e. The minimum atomic E-state index is 0.844. The van der Waals surface area contributed by atoms with Crippen molar-refractivity contribution in [3.63, 3.8) is 0 Å². The van der Waals surface area contributed by atoms with Crippen molar-refractivity contribution in [1.82, 2.24) is 0 Å². The van der Waals surface area contributed by atoms with Crippen molar-refractivity contribution in [2.75, 3.05) is 6.54 Å². The molecular formula is C6H12IN. The lowest BCUT2D eigenvalue weighted by Gasteiger charge is -2.01. The minimum absolute atomic E-state index is 0.844. The number of hydrogen-bond donors (Lipinski definition) is 1. The van der Waals surface area contributed by atoms with E-state index in [1.807, 2.05) is 0 Å². The highest BCUT2D eigenvalue weighted by Crippen LogP contribution is 2.29.